The molecule has 0 radical (unpaired) electrons. The van der Waals surface area contributed by atoms with Crippen LogP contribution >= 0.6 is 11.3 Å². The third-order valence-electron chi connectivity index (χ3n) is 5.70. The second-order valence-corrected chi connectivity index (χ2v) is 9.04. The molecule has 5 aromatic rings. The summed E-state index contributed by atoms with van der Waals surface area (Å²) in [6.45, 7) is 0.118. The minimum Gasteiger partial charge on any atom is -0.457 e. The lowest BCUT2D eigenvalue weighted by molar-refractivity contribution is 0.0475. The van der Waals surface area contributed by atoms with Gasteiger partial charge < -0.3 is 9.47 Å². The minimum atomic E-state index is -0.627. The lowest BCUT2D eigenvalue weighted by Gasteiger charge is -2.10. The summed E-state index contributed by atoms with van der Waals surface area (Å²) in [6.07, 6.45) is 0. The average Bonchev–Trinajstić information content (AvgIpc) is 3.36. The van der Waals surface area contributed by atoms with Crippen LogP contribution in [-0.4, -0.2) is 15.1 Å². The van der Waals surface area contributed by atoms with Crippen LogP contribution in [-0.2, 0) is 24.9 Å². The molecule has 0 aliphatic heterocycles. The van der Waals surface area contributed by atoms with Crippen molar-refractivity contribution in [1.29, 1.82) is 0 Å². The van der Waals surface area contributed by atoms with Gasteiger partial charge in [-0.1, -0.05) is 60.7 Å². The molecule has 180 valence electrons. The number of fused-ring (bicyclic) bond motifs is 1. The van der Waals surface area contributed by atoms with Crippen molar-refractivity contribution in [3.05, 3.63) is 128 Å². The number of carbonyl (C=O) groups is 1. The normalized spacial score (nSPS) is 10.9. The summed E-state index contributed by atoms with van der Waals surface area (Å²) >= 11 is 1.17. The Bertz CT molecular complexity index is 1650. The Kier molecular flexibility index (Phi) is 6.51. The van der Waals surface area contributed by atoms with Gasteiger partial charge in [-0.05, 0) is 35.4 Å². The number of carbonyl (C=O) groups excluding carboxylic acids is 1. The molecule has 0 amide bonds. The van der Waals surface area contributed by atoms with Gasteiger partial charge in [0.15, 0.2) is 0 Å². The first-order chi connectivity index (χ1) is 17.5. The fraction of sp³-hybridized carbons (Fsp3) is 0.107. The van der Waals surface area contributed by atoms with Crippen LogP contribution in [0.5, 0.6) is 11.5 Å². The maximum atomic E-state index is 13.3. The summed E-state index contributed by atoms with van der Waals surface area (Å²) in [6, 6.07) is 25.9. The summed E-state index contributed by atoms with van der Waals surface area (Å²) < 4.78 is 13.9. The van der Waals surface area contributed by atoms with Crippen LogP contribution < -0.4 is 16.0 Å². The molecule has 0 bridgehead atoms. The first kappa shape index (κ1) is 23.3. The van der Waals surface area contributed by atoms with Crippen molar-refractivity contribution in [3.63, 3.8) is 0 Å². The molecule has 5 rings (SSSR count). The zero-order valence-corrected chi connectivity index (χ0v) is 20.2. The Balaban J connectivity index is 1.39. The Hall–Kier alpha value is -4.43. The number of hydrogen-bond acceptors (Lipinski definition) is 6. The highest BCUT2D eigenvalue weighted by molar-refractivity contribution is 7.17. The highest BCUT2D eigenvalue weighted by Gasteiger charge is 2.21. The summed E-state index contributed by atoms with van der Waals surface area (Å²) in [5.41, 5.74) is 0.754. The number of aromatic nitrogens is 2. The van der Waals surface area contributed by atoms with Crippen LogP contribution in [0.2, 0.25) is 0 Å². The smallest absolute Gasteiger partial charge is 0.340 e. The first-order valence-electron chi connectivity index (χ1n) is 11.2. The van der Waals surface area contributed by atoms with Crippen molar-refractivity contribution in [2.45, 2.75) is 13.2 Å². The lowest BCUT2D eigenvalue weighted by Crippen LogP contribution is -2.39. The quantitative estimate of drug-likeness (QED) is 0.297. The molecular weight excluding hydrogens is 476 g/mol. The number of rotatable bonds is 7. The Morgan fingerprint density at radius 3 is 2.28 bits per heavy atom. The molecule has 0 saturated heterocycles. The second kappa shape index (κ2) is 10.1. The van der Waals surface area contributed by atoms with E-state index in [1.54, 1.807) is 18.5 Å². The summed E-state index contributed by atoms with van der Waals surface area (Å²) in [4.78, 5) is 39.6. The second-order valence-electron chi connectivity index (χ2n) is 8.19. The van der Waals surface area contributed by atoms with Gasteiger partial charge in [-0.25, -0.2) is 9.59 Å². The maximum absolute atomic E-state index is 13.3. The van der Waals surface area contributed by atoms with E-state index in [0.717, 1.165) is 15.7 Å². The molecule has 8 heteroatoms. The van der Waals surface area contributed by atoms with Crippen molar-refractivity contribution in [2.75, 3.05) is 0 Å². The molecular formula is C28H22N2O5S. The molecule has 36 heavy (non-hydrogen) atoms. The van der Waals surface area contributed by atoms with Crippen molar-refractivity contribution < 1.29 is 14.3 Å². The van der Waals surface area contributed by atoms with E-state index >= 15 is 0 Å². The SMILES string of the molecule is Cn1c(=O)n(Cc2ccccc2)c(=O)c2c(C(=O)OCc3cccc(Oc4ccccc4)c3)csc21. The number of esters is 1. The van der Waals surface area contributed by atoms with Crippen molar-refractivity contribution in [2.24, 2.45) is 7.05 Å². The van der Waals surface area contributed by atoms with Gasteiger partial charge in [0.05, 0.1) is 17.5 Å². The van der Waals surface area contributed by atoms with Crippen molar-refractivity contribution in [1.82, 2.24) is 9.13 Å². The molecule has 0 saturated carbocycles. The molecule has 0 spiro atoms. The molecule has 0 N–H and O–H groups in total. The van der Waals surface area contributed by atoms with Crippen molar-refractivity contribution >= 4 is 27.5 Å². The maximum Gasteiger partial charge on any atom is 0.340 e. The number of aryl methyl sites for hydroxylation is 1. The van der Waals surface area contributed by atoms with Crippen LogP contribution in [0.1, 0.15) is 21.5 Å². The van der Waals surface area contributed by atoms with Gasteiger partial charge in [0.2, 0.25) is 0 Å². The fourth-order valence-corrected chi connectivity index (χ4v) is 4.89. The highest BCUT2D eigenvalue weighted by atomic mass is 32.1. The lowest BCUT2D eigenvalue weighted by atomic mass is 10.2. The predicted octanol–water partition coefficient (Wildman–Crippen LogP) is 4.96. The molecule has 3 aromatic carbocycles. The molecule has 0 atom stereocenters. The van der Waals surface area contributed by atoms with Gasteiger partial charge >= 0.3 is 11.7 Å². The predicted molar refractivity (Wildman–Crippen MR) is 139 cm³/mol. The van der Waals surface area contributed by atoms with E-state index in [1.807, 2.05) is 78.9 Å². The molecule has 0 fully saturated rings. The van der Waals surface area contributed by atoms with E-state index in [9.17, 15) is 14.4 Å². The molecule has 2 aromatic heterocycles. The van der Waals surface area contributed by atoms with E-state index in [2.05, 4.69) is 0 Å². The van der Waals surface area contributed by atoms with Crippen LogP contribution in [0.3, 0.4) is 0 Å². The largest absolute Gasteiger partial charge is 0.457 e. The van der Waals surface area contributed by atoms with E-state index < -0.39 is 17.2 Å². The third kappa shape index (κ3) is 4.71. The van der Waals surface area contributed by atoms with Gasteiger partial charge in [0.25, 0.3) is 5.56 Å². The summed E-state index contributed by atoms with van der Waals surface area (Å²) in [7, 11) is 1.59. The first-order valence-corrected chi connectivity index (χ1v) is 12.1. The third-order valence-corrected chi connectivity index (χ3v) is 6.76. The van der Waals surface area contributed by atoms with Gasteiger partial charge in [0.1, 0.15) is 22.9 Å². The van der Waals surface area contributed by atoms with E-state index in [1.165, 1.54) is 15.9 Å². The fourth-order valence-electron chi connectivity index (χ4n) is 3.90. The van der Waals surface area contributed by atoms with Crippen LogP contribution in [0.15, 0.2) is 99.9 Å². The average molecular weight is 499 g/mol. The van der Waals surface area contributed by atoms with E-state index in [4.69, 9.17) is 9.47 Å². The summed E-state index contributed by atoms with van der Waals surface area (Å²) in [5.74, 6) is 0.695. The zero-order chi connectivity index (χ0) is 25.1. The van der Waals surface area contributed by atoms with Gasteiger partial charge in [-0.2, -0.15) is 0 Å². The number of ether oxygens (including phenoxy) is 2. The molecule has 7 nitrogen and oxygen atoms in total. The monoisotopic (exact) mass is 498 g/mol. The van der Waals surface area contributed by atoms with Crippen LogP contribution in [0.25, 0.3) is 10.2 Å². The van der Waals surface area contributed by atoms with Gasteiger partial charge in [-0.15, -0.1) is 11.3 Å². The van der Waals surface area contributed by atoms with E-state index in [-0.39, 0.29) is 24.1 Å². The number of hydrogen-bond donors (Lipinski definition) is 0. The molecule has 2 heterocycles. The molecule has 0 aliphatic carbocycles. The molecule has 0 aliphatic rings. The number of para-hydroxylation sites is 1. The Morgan fingerprint density at radius 1 is 0.861 bits per heavy atom. The minimum absolute atomic E-state index is 0.00608. The Morgan fingerprint density at radius 2 is 1.53 bits per heavy atom. The standard InChI is InChI=1S/C28H22N2O5S/c1-29-26-24(25(31)30(28(29)33)16-19-9-4-2-5-10-19)23(18-36-26)27(32)34-17-20-11-8-14-22(15-20)35-21-12-6-3-7-13-21/h2-15,18H,16-17H2,1H3. The topological polar surface area (TPSA) is 79.5 Å². The number of nitrogens with zero attached hydrogens (tertiary/aromatic N) is 2. The number of benzene rings is 3. The molecule has 0 unspecified atom stereocenters. The van der Waals surface area contributed by atoms with Gasteiger partial charge in [0, 0.05) is 12.4 Å². The Labute approximate surface area is 210 Å². The van der Waals surface area contributed by atoms with Crippen LogP contribution in [0, 0.1) is 0 Å². The summed E-state index contributed by atoms with van der Waals surface area (Å²) in [5, 5.41) is 1.75. The van der Waals surface area contributed by atoms with Crippen molar-refractivity contribution in [3.8, 4) is 11.5 Å². The number of thiophene rings is 1. The van der Waals surface area contributed by atoms with Crippen LogP contribution in [0.4, 0.5) is 0 Å². The zero-order valence-electron chi connectivity index (χ0n) is 19.4. The van der Waals surface area contributed by atoms with Gasteiger partial charge in [-0.3, -0.25) is 13.9 Å². The van der Waals surface area contributed by atoms with E-state index in [0.29, 0.717) is 16.3 Å². The highest BCUT2D eigenvalue weighted by Crippen LogP contribution is 2.24.